The van der Waals surface area contributed by atoms with E-state index in [1.165, 1.54) is 0 Å². The van der Waals surface area contributed by atoms with Gasteiger partial charge in [-0.2, -0.15) is 0 Å². The fraction of sp³-hybridized carbons (Fsp3) is 0.250. The number of amides is 1. The number of anilines is 1. The molecule has 0 aliphatic rings. The summed E-state index contributed by atoms with van der Waals surface area (Å²) < 4.78 is 32.7. The van der Waals surface area contributed by atoms with Crippen LogP contribution in [-0.4, -0.2) is 25.9 Å². The molecule has 9 heteroatoms. The molecule has 1 atom stereocenters. The molecule has 1 N–H and O–H groups in total. The highest BCUT2D eigenvalue weighted by Gasteiger charge is 2.18. The Bertz CT molecular complexity index is 1190. The van der Waals surface area contributed by atoms with E-state index in [-0.39, 0.29) is 11.8 Å². The SMILES string of the molecule is CC(C)COc1cc(C(=O)Nc2ccc(Cl)c(-c3ccccn3)c2)ccc1C(C)O[SH](=O)=O. The quantitative estimate of drug-likeness (QED) is 0.397. The van der Waals surface area contributed by atoms with Gasteiger partial charge in [0.15, 0.2) is 0 Å². The van der Waals surface area contributed by atoms with Crippen LogP contribution in [0.25, 0.3) is 11.3 Å². The number of hydrogen-bond acceptors (Lipinski definition) is 6. The second-order valence-corrected chi connectivity index (χ2v) is 8.86. The summed E-state index contributed by atoms with van der Waals surface area (Å²) >= 11 is 6.32. The lowest BCUT2D eigenvalue weighted by molar-refractivity contribution is 0.102. The number of nitrogens with one attached hydrogen (secondary N) is 1. The Kier molecular flexibility index (Phi) is 8.43. The van der Waals surface area contributed by atoms with Gasteiger partial charge in [0.2, 0.25) is 0 Å². The van der Waals surface area contributed by atoms with Crippen molar-refractivity contribution in [1.82, 2.24) is 4.98 Å². The smallest absolute Gasteiger partial charge is 0.257 e. The van der Waals surface area contributed by atoms with Crippen molar-refractivity contribution in [3.05, 3.63) is 76.9 Å². The number of aromatic nitrogens is 1. The zero-order valence-electron chi connectivity index (χ0n) is 18.4. The van der Waals surface area contributed by atoms with Crippen LogP contribution in [0.15, 0.2) is 60.8 Å². The molecule has 33 heavy (non-hydrogen) atoms. The molecule has 7 nitrogen and oxygen atoms in total. The Morgan fingerprint density at radius 1 is 1.09 bits per heavy atom. The van der Waals surface area contributed by atoms with Crippen LogP contribution in [-0.2, 0) is 15.2 Å². The van der Waals surface area contributed by atoms with Crippen LogP contribution < -0.4 is 10.1 Å². The average molecular weight is 489 g/mol. The van der Waals surface area contributed by atoms with Crippen molar-refractivity contribution in [2.24, 2.45) is 5.92 Å². The molecule has 0 aliphatic carbocycles. The number of hydrogen-bond donors (Lipinski definition) is 2. The standard InChI is InChI=1S/C24H25ClN2O5S/c1-15(2)14-31-23-12-17(7-9-19(23)16(3)32-33(29)30)24(28)27-18-8-10-21(25)20(13-18)22-6-4-5-11-26-22/h4-13,15-16,33H,14H2,1-3H3,(H,27,28). The number of benzene rings is 2. The van der Waals surface area contributed by atoms with Gasteiger partial charge in [-0.25, -0.2) is 8.42 Å². The Hall–Kier alpha value is -2.94. The van der Waals surface area contributed by atoms with Crippen LogP contribution in [0.3, 0.4) is 0 Å². The summed E-state index contributed by atoms with van der Waals surface area (Å²) in [6, 6.07) is 15.5. The van der Waals surface area contributed by atoms with Crippen LogP contribution in [0, 0.1) is 5.92 Å². The molecule has 0 fully saturated rings. The highest BCUT2D eigenvalue weighted by molar-refractivity contribution is 7.67. The Labute approximate surface area is 199 Å². The van der Waals surface area contributed by atoms with Gasteiger partial charge in [0.1, 0.15) is 11.9 Å². The van der Waals surface area contributed by atoms with E-state index in [2.05, 4.69) is 10.3 Å². The summed E-state index contributed by atoms with van der Waals surface area (Å²) in [6.07, 6.45) is 0.924. The van der Waals surface area contributed by atoms with Gasteiger partial charge in [0, 0.05) is 28.6 Å². The maximum absolute atomic E-state index is 13.0. The molecular weight excluding hydrogens is 464 g/mol. The first-order valence-electron chi connectivity index (χ1n) is 10.3. The van der Waals surface area contributed by atoms with Gasteiger partial charge in [-0.3, -0.25) is 14.0 Å². The van der Waals surface area contributed by atoms with Gasteiger partial charge >= 0.3 is 0 Å². The van der Waals surface area contributed by atoms with Crippen molar-refractivity contribution in [3.63, 3.8) is 0 Å². The lowest BCUT2D eigenvalue weighted by atomic mass is 10.1. The Morgan fingerprint density at radius 2 is 1.88 bits per heavy atom. The van der Waals surface area contributed by atoms with Crippen LogP contribution >= 0.6 is 11.6 Å². The molecule has 174 valence electrons. The van der Waals surface area contributed by atoms with Gasteiger partial charge in [-0.15, -0.1) is 0 Å². The van der Waals surface area contributed by atoms with Crippen molar-refractivity contribution in [3.8, 4) is 17.0 Å². The topological polar surface area (TPSA) is 94.6 Å². The number of pyridine rings is 1. The van der Waals surface area contributed by atoms with Crippen molar-refractivity contribution in [2.75, 3.05) is 11.9 Å². The van der Waals surface area contributed by atoms with Gasteiger partial charge in [0.05, 0.1) is 17.3 Å². The van der Waals surface area contributed by atoms with Gasteiger partial charge in [-0.1, -0.05) is 37.6 Å². The van der Waals surface area contributed by atoms with Crippen LogP contribution in [0.4, 0.5) is 5.69 Å². The molecule has 0 saturated heterocycles. The van der Waals surface area contributed by atoms with Gasteiger partial charge in [-0.05, 0) is 55.3 Å². The monoisotopic (exact) mass is 488 g/mol. The third kappa shape index (κ3) is 6.77. The second kappa shape index (κ2) is 11.3. The minimum atomic E-state index is -3.03. The molecule has 0 spiro atoms. The van der Waals surface area contributed by atoms with E-state index in [1.54, 1.807) is 49.5 Å². The molecule has 0 radical (unpaired) electrons. The summed E-state index contributed by atoms with van der Waals surface area (Å²) in [5.74, 6) is 0.279. The van der Waals surface area contributed by atoms with Gasteiger partial charge < -0.3 is 10.1 Å². The first-order valence-corrected chi connectivity index (χ1v) is 11.8. The van der Waals surface area contributed by atoms with Crippen molar-refractivity contribution in [1.29, 1.82) is 0 Å². The van der Waals surface area contributed by atoms with E-state index in [4.69, 9.17) is 20.5 Å². The van der Waals surface area contributed by atoms with E-state index >= 15 is 0 Å². The number of carbonyl (C=O) groups excluding carboxylic acids is 1. The summed E-state index contributed by atoms with van der Waals surface area (Å²) in [5.41, 5.74) is 2.84. The third-order valence-corrected chi connectivity index (χ3v) is 5.51. The highest BCUT2D eigenvalue weighted by atomic mass is 35.5. The predicted molar refractivity (Wildman–Crippen MR) is 129 cm³/mol. The number of thiol groups is 1. The van der Waals surface area contributed by atoms with E-state index in [0.29, 0.717) is 45.5 Å². The highest BCUT2D eigenvalue weighted by Crippen LogP contribution is 2.31. The normalized spacial score (nSPS) is 12.1. The van der Waals surface area contributed by atoms with E-state index < -0.39 is 17.1 Å². The maximum Gasteiger partial charge on any atom is 0.257 e. The molecule has 0 saturated carbocycles. The van der Waals surface area contributed by atoms with Crippen LogP contribution in [0.1, 0.15) is 42.8 Å². The first-order chi connectivity index (χ1) is 15.7. The number of halogens is 1. The molecule has 1 heterocycles. The summed E-state index contributed by atoms with van der Waals surface area (Å²) in [6.45, 7) is 5.99. The minimum Gasteiger partial charge on any atom is -0.493 e. The zero-order chi connectivity index (χ0) is 24.0. The predicted octanol–water partition coefficient (Wildman–Crippen LogP) is 5.29. The van der Waals surface area contributed by atoms with Crippen molar-refractivity contribution >= 4 is 34.2 Å². The number of carbonyl (C=O) groups is 1. The summed E-state index contributed by atoms with van der Waals surface area (Å²) in [4.78, 5) is 17.3. The minimum absolute atomic E-state index is 0.238. The largest absolute Gasteiger partial charge is 0.493 e. The molecular formula is C24H25ClN2O5S. The van der Waals surface area contributed by atoms with E-state index in [0.717, 1.165) is 0 Å². The lowest BCUT2D eigenvalue weighted by Crippen LogP contribution is -2.14. The summed E-state index contributed by atoms with van der Waals surface area (Å²) in [5, 5.41) is 3.38. The van der Waals surface area contributed by atoms with E-state index in [1.807, 2.05) is 32.0 Å². The summed E-state index contributed by atoms with van der Waals surface area (Å²) in [7, 11) is -3.03. The van der Waals surface area contributed by atoms with Crippen LogP contribution in [0.2, 0.25) is 5.02 Å². The fourth-order valence-corrected chi connectivity index (χ4v) is 3.69. The van der Waals surface area contributed by atoms with Gasteiger partial charge in [0.25, 0.3) is 16.9 Å². The van der Waals surface area contributed by atoms with Crippen molar-refractivity contribution < 1.29 is 22.1 Å². The van der Waals surface area contributed by atoms with Crippen molar-refractivity contribution in [2.45, 2.75) is 26.9 Å². The molecule has 1 unspecified atom stereocenters. The third-order valence-electron chi connectivity index (χ3n) is 4.70. The van der Waals surface area contributed by atoms with E-state index in [9.17, 15) is 13.2 Å². The molecule has 1 amide bonds. The Balaban J connectivity index is 1.87. The molecule has 3 aromatic rings. The average Bonchev–Trinajstić information content (AvgIpc) is 2.78. The number of ether oxygens (including phenoxy) is 1. The molecule has 3 rings (SSSR count). The molecule has 1 aromatic heterocycles. The second-order valence-electron chi connectivity index (χ2n) is 7.79. The lowest BCUT2D eigenvalue weighted by Gasteiger charge is -2.17. The zero-order valence-corrected chi connectivity index (χ0v) is 20.1. The fourth-order valence-electron chi connectivity index (χ4n) is 3.10. The number of rotatable bonds is 9. The number of nitrogens with zero attached hydrogens (tertiary/aromatic N) is 1. The molecule has 2 aromatic carbocycles. The first kappa shape index (κ1) is 24.7. The van der Waals surface area contributed by atoms with Crippen LogP contribution in [0.5, 0.6) is 5.75 Å². The molecule has 0 aliphatic heterocycles. The maximum atomic E-state index is 13.0. The molecule has 0 bridgehead atoms. The Morgan fingerprint density at radius 3 is 2.55 bits per heavy atom.